The molecular formula is C9H20O2. The van der Waals surface area contributed by atoms with Crippen molar-refractivity contribution in [3.05, 3.63) is 0 Å². The molecule has 0 spiro atoms. The van der Waals surface area contributed by atoms with E-state index in [2.05, 4.69) is 25.7 Å². The molecule has 11 heavy (non-hydrogen) atoms. The third kappa shape index (κ3) is 6.32. The van der Waals surface area contributed by atoms with Crippen molar-refractivity contribution in [1.82, 2.24) is 0 Å². The molecule has 0 saturated heterocycles. The summed E-state index contributed by atoms with van der Waals surface area (Å²) in [5, 5.41) is 0. The smallest absolute Gasteiger partial charge is 0.0984 e. The summed E-state index contributed by atoms with van der Waals surface area (Å²) in [6.07, 6.45) is 0.980. The van der Waals surface area contributed by atoms with E-state index in [1.54, 1.807) is 7.11 Å². The Morgan fingerprint density at radius 1 is 1.00 bits per heavy atom. The largest absolute Gasteiger partial charge is 0.240 e. The van der Waals surface area contributed by atoms with Crippen LogP contribution >= 0.6 is 0 Å². The van der Waals surface area contributed by atoms with E-state index in [0.717, 1.165) is 6.42 Å². The molecule has 2 heteroatoms. The summed E-state index contributed by atoms with van der Waals surface area (Å²) in [5.74, 6) is 0. The van der Waals surface area contributed by atoms with E-state index in [9.17, 15) is 0 Å². The van der Waals surface area contributed by atoms with Gasteiger partial charge in [0, 0.05) is 0 Å². The molecule has 0 radical (unpaired) electrons. The van der Waals surface area contributed by atoms with E-state index in [1.807, 2.05) is 13.8 Å². The number of rotatable bonds is 3. The van der Waals surface area contributed by atoms with E-state index in [4.69, 9.17) is 4.89 Å². The van der Waals surface area contributed by atoms with Crippen molar-refractivity contribution < 1.29 is 9.78 Å². The first-order valence-electron chi connectivity index (χ1n) is 3.99. The monoisotopic (exact) mass is 160 g/mol. The van der Waals surface area contributed by atoms with E-state index < -0.39 is 0 Å². The highest BCUT2D eigenvalue weighted by atomic mass is 17.2. The average molecular weight is 160 g/mol. The van der Waals surface area contributed by atoms with Crippen LogP contribution in [0.25, 0.3) is 0 Å². The highest BCUT2D eigenvalue weighted by Crippen LogP contribution is 2.29. The quantitative estimate of drug-likeness (QED) is 0.467. The van der Waals surface area contributed by atoms with Crippen LogP contribution in [-0.2, 0) is 9.78 Å². The van der Waals surface area contributed by atoms with Gasteiger partial charge in [0.1, 0.15) is 0 Å². The molecule has 0 N–H and O–H groups in total. The Balaban J connectivity index is 3.91. The lowest BCUT2D eigenvalue weighted by Crippen LogP contribution is -2.29. The van der Waals surface area contributed by atoms with Gasteiger partial charge in [-0.3, -0.25) is 0 Å². The fourth-order valence-electron chi connectivity index (χ4n) is 1.53. The highest BCUT2D eigenvalue weighted by molar-refractivity contribution is 4.75. The topological polar surface area (TPSA) is 18.5 Å². The predicted octanol–water partition coefficient (Wildman–Crippen LogP) is 2.78. The van der Waals surface area contributed by atoms with E-state index in [0.29, 0.717) is 0 Å². The van der Waals surface area contributed by atoms with Crippen LogP contribution in [0.15, 0.2) is 0 Å². The van der Waals surface area contributed by atoms with Crippen LogP contribution < -0.4 is 0 Å². The minimum atomic E-state index is -0.188. The molecular weight excluding hydrogens is 140 g/mol. The maximum Gasteiger partial charge on any atom is 0.0984 e. The summed E-state index contributed by atoms with van der Waals surface area (Å²) in [6.45, 7) is 10.6. The van der Waals surface area contributed by atoms with E-state index in [-0.39, 0.29) is 11.0 Å². The second-order valence-corrected chi connectivity index (χ2v) is 4.75. The summed E-state index contributed by atoms with van der Waals surface area (Å²) in [6, 6.07) is 0. The van der Waals surface area contributed by atoms with Crippen molar-refractivity contribution in [1.29, 1.82) is 0 Å². The zero-order valence-electron chi connectivity index (χ0n) is 8.52. The molecule has 0 aromatic carbocycles. The second-order valence-electron chi connectivity index (χ2n) is 4.75. The Morgan fingerprint density at radius 2 is 1.45 bits per heavy atom. The SMILES string of the molecule is COOC(C)(C)CC(C)(C)C. The summed E-state index contributed by atoms with van der Waals surface area (Å²) in [4.78, 5) is 9.76. The van der Waals surface area contributed by atoms with Crippen molar-refractivity contribution in [3.63, 3.8) is 0 Å². The van der Waals surface area contributed by atoms with Gasteiger partial charge >= 0.3 is 0 Å². The molecule has 0 fully saturated rings. The third-order valence-electron chi connectivity index (χ3n) is 1.26. The van der Waals surface area contributed by atoms with Gasteiger partial charge in [-0.1, -0.05) is 20.8 Å². The average Bonchev–Trinajstić information content (AvgIpc) is 1.55. The number of hydrogen-bond acceptors (Lipinski definition) is 2. The first-order chi connectivity index (χ1) is 4.77. The standard InChI is InChI=1S/C9H20O2/c1-8(2,3)7-9(4,5)11-10-6/h7H2,1-6H3. The molecule has 0 aliphatic carbocycles. The molecule has 0 aliphatic rings. The molecule has 0 saturated carbocycles. The van der Waals surface area contributed by atoms with Crippen molar-refractivity contribution in [2.75, 3.05) is 7.11 Å². The number of hydrogen-bond donors (Lipinski definition) is 0. The molecule has 68 valence electrons. The Bertz CT molecular complexity index is 111. The predicted molar refractivity (Wildman–Crippen MR) is 46.2 cm³/mol. The van der Waals surface area contributed by atoms with Gasteiger partial charge in [0.15, 0.2) is 0 Å². The van der Waals surface area contributed by atoms with Crippen LogP contribution in [-0.4, -0.2) is 12.7 Å². The van der Waals surface area contributed by atoms with Crippen LogP contribution in [0.4, 0.5) is 0 Å². The molecule has 2 nitrogen and oxygen atoms in total. The van der Waals surface area contributed by atoms with Crippen LogP contribution in [0, 0.1) is 5.41 Å². The molecule has 0 aromatic heterocycles. The Morgan fingerprint density at radius 3 is 1.73 bits per heavy atom. The Hall–Kier alpha value is -0.0800. The summed E-state index contributed by atoms with van der Waals surface area (Å²) in [5.41, 5.74) is 0.0923. The third-order valence-corrected chi connectivity index (χ3v) is 1.26. The van der Waals surface area contributed by atoms with Gasteiger partial charge in [-0.05, 0) is 25.7 Å². The zero-order chi connectivity index (χ0) is 9.12. The van der Waals surface area contributed by atoms with Crippen molar-refractivity contribution >= 4 is 0 Å². The summed E-state index contributed by atoms with van der Waals surface area (Å²) < 4.78 is 0. The van der Waals surface area contributed by atoms with Gasteiger partial charge in [-0.25, -0.2) is 9.78 Å². The van der Waals surface area contributed by atoms with Gasteiger partial charge in [0.2, 0.25) is 0 Å². The fourth-order valence-corrected chi connectivity index (χ4v) is 1.53. The lowest BCUT2D eigenvalue weighted by atomic mass is 9.84. The maximum absolute atomic E-state index is 5.11. The molecule has 0 aliphatic heterocycles. The first kappa shape index (κ1) is 10.9. The maximum atomic E-state index is 5.11. The Labute approximate surface area is 69.8 Å². The van der Waals surface area contributed by atoms with Gasteiger partial charge in [0.25, 0.3) is 0 Å². The normalized spacial score (nSPS) is 13.6. The lowest BCUT2D eigenvalue weighted by molar-refractivity contribution is -0.340. The zero-order valence-corrected chi connectivity index (χ0v) is 8.52. The summed E-state index contributed by atoms with van der Waals surface area (Å²) in [7, 11) is 1.55. The van der Waals surface area contributed by atoms with Crippen LogP contribution in [0.2, 0.25) is 0 Å². The van der Waals surface area contributed by atoms with Crippen molar-refractivity contribution in [2.24, 2.45) is 5.41 Å². The molecule has 0 aromatic rings. The van der Waals surface area contributed by atoms with E-state index in [1.165, 1.54) is 0 Å². The second kappa shape index (κ2) is 3.55. The molecule has 0 atom stereocenters. The molecule has 0 bridgehead atoms. The van der Waals surface area contributed by atoms with Crippen LogP contribution in [0.1, 0.15) is 41.0 Å². The lowest BCUT2D eigenvalue weighted by Gasteiger charge is -2.30. The van der Waals surface area contributed by atoms with Crippen LogP contribution in [0.5, 0.6) is 0 Å². The Kier molecular flexibility index (Phi) is 3.52. The summed E-state index contributed by atoms with van der Waals surface area (Å²) >= 11 is 0. The minimum Gasteiger partial charge on any atom is -0.240 e. The van der Waals surface area contributed by atoms with Crippen molar-refractivity contribution in [2.45, 2.75) is 46.6 Å². The van der Waals surface area contributed by atoms with Gasteiger partial charge in [-0.2, -0.15) is 0 Å². The van der Waals surface area contributed by atoms with E-state index >= 15 is 0 Å². The van der Waals surface area contributed by atoms with Gasteiger partial charge in [0.05, 0.1) is 12.7 Å². The van der Waals surface area contributed by atoms with Gasteiger partial charge in [-0.15, -0.1) is 0 Å². The molecule has 0 heterocycles. The van der Waals surface area contributed by atoms with Crippen LogP contribution in [0.3, 0.4) is 0 Å². The molecule has 0 amide bonds. The van der Waals surface area contributed by atoms with Crippen molar-refractivity contribution in [3.8, 4) is 0 Å². The van der Waals surface area contributed by atoms with Gasteiger partial charge < -0.3 is 0 Å². The minimum absolute atomic E-state index is 0.188. The fraction of sp³-hybridized carbons (Fsp3) is 1.00. The highest BCUT2D eigenvalue weighted by Gasteiger charge is 2.26. The molecule has 0 rings (SSSR count). The first-order valence-corrected chi connectivity index (χ1v) is 3.99. The molecule has 0 unspecified atom stereocenters.